The summed E-state index contributed by atoms with van der Waals surface area (Å²) >= 11 is 0. The molecule has 4 heteroatoms. The predicted octanol–water partition coefficient (Wildman–Crippen LogP) is 5.17. The minimum absolute atomic E-state index is 0.201. The topological polar surface area (TPSA) is 47.9 Å². The van der Waals surface area contributed by atoms with Crippen LogP contribution in [0.25, 0.3) is 0 Å². The molecule has 0 aliphatic heterocycles. The third-order valence-corrected chi connectivity index (χ3v) is 5.26. The molecule has 0 bridgehead atoms. The summed E-state index contributed by atoms with van der Waals surface area (Å²) < 4.78 is 18.2. The van der Waals surface area contributed by atoms with E-state index in [1.807, 2.05) is 54.6 Å². The standard InChI is InChI=1S/C26H30O4/c1-28-24-18-12-17-23(25(24)29-2)26(21-13-6-3-7-14-21,22-15-8-4-9-16-22)30-20-11-5-10-19-27/h3-4,6-9,12-18,27H,5,10-11,19-20H2,1-2H3. The maximum absolute atomic E-state index is 9.11. The second-order valence-corrected chi connectivity index (χ2v) is 7.09. The highest BCUT2D eigenvalue weighted by molar-refractivity contribution is 5.57. The second kappa shape index (κ2) is 10.8. The Morgan fingerprint density at radius 1 is 0.700 bits per heavy atom. The predicted molar refractivity (Wildman–Crippen MR) is 119 cm³/mol. The van der Waals surface area contributed by atoms with Crippen molar-refractivity contribution in [2.45, 2.75) is 24.9 Å². The molecule has 4 nitrogen and oxygen atoms in total. The highest BCUT2D eigenvalue weighted by atomic mass is 16.5. The van der Waals surface area contributed by atoms with Crippen LogP contribution in [0, 0.1) is 0 Å². The summed E-state index contributed by atoms with van der Waals surface area (Å²) in [6.07, 6.45) is 2.54. The van der Waals surface area contributed by atoms with Crippen molar-refractivity contribution in [1.29, 1.82) is 0 Å². The number of aliphatic hydroxyl groups excluding tert-OH is 1. The van der Waals surface area contributed by atoms with Gasteiger partial charge in [-0.05, 0) is 36.5 Å². The normalized spacial score (nSPS) is 11.3. The van der Waals surface area contributed by atoms with Gasteiger partial charge in [0.1, 0.15) is 5.60 Å². The van der Waals surface area contributed by atoms with Crippen LogP contribution in [0.15, 0.2) is 78.9 Å². The Hall–Kier alpha value is -2.82. The highest BCUT2D eigenvalue weighted by Gasteiger charge is 2.40. The van der Waals surface area contributed by atoms with Gasteiger partial charge in [0.25, 0.3) is 0 Å². The highest BCUT2D eigenvalue weighted by Crippen LogP contribution is 2.47. The maximum atomic E-state index is 9.11. The number of benzene rings is 3. The number of aliphatic hydroxyl groups is 1. The molecule has 0 heterocycles. The Morgan fingerprint density at radius 3 is 1.87 bits per heavy atom. The van der Waals surface area contributed by atoms with E-state index in [0.717, 1.165) is 36.0 Å². The molecule has 0 spiro atoms. The van der Waals surface area contributed by atoms with Crippen LogP contribution in [0.3, 0.4) is 0 Å². The van der Waals surface area contributed by atoms with Crippen LogP contribution < -0.4 is 9.47 Å². The van der Waals surface area contributed by atoms with Gasteiger partial charge in [-0.2, -0.15) is 0 Å². The van der Waals surface area contributed by atoms with Gasteiger partial charge in [0.15, 0.2) is 11.5 Å². The van der Waals surface area contributed by atoms with Gasteiger partial charge in [-0.15, -0.1) is 0 Å². The van der Waals surface area contributed by atoms with Gasteiger partial charge in [0.05, 0.1) is 14.2 Å². The van der Waals surface area contributed by atoms with Crippen molar-refractivity contribution in [3.05, 3.63) is 95.6 Å². The Morgan fingerprint density at radius 2 is 1.33 bits per heavy atom. The lowest BCUT2D eigenvalue weighted by Gasteiger charge is -2.37. The van der Waals surface area contributed by atoms with Crippen molar-refractivity contribution >= 4 is 0 Å². The van der Waals surface area contributed by atoms with Crippen molar-refractivity contribution in [2.24, 2.45) is 0 Å². The molecule has 0 fully saturated rings. The van der Waals surface area contributed by atoms with Crippen LogP contribution in [0.2, 0.25) is 0 Å². The van der Waals surface area contributed by atoms with Gasteiger partial charge >= 0.3 is 0 Å². The first-order valence-corrected chi connectivity index (χ1v) is 10.3. The van der Waals surface area contributed by atoms with E-state index < -0.39 is 5.60 Å². The number of ether oxygens (including phenoxy) is 3. The quantitative estimate of drug-likeness (QED) is 0.352. The lowest BCUT2D eigenvalue weighted by Crippen LogP contribution is -2.34. The molecule has 3 rings (SSSR count). The fourth-order valence-electron chi connectivity index (χ4n) is 3.85. The zero-order valence-electron chi connectivity index (χ0n) is 17.7. The Balaban J connectivity index is 2.21. The molecule has 1 N–H and O–H groups in total. The van der Waals surface area contributed by atoms with E-state index in [1.165, 1.54) is 0 Å². The first kappa shape index (κ1) is 21.9. The van der Waals surface area contributed by atoms with Crippen LogP contribution in [0.4, 0.5) is 0 Å². The molecule has 3 aromatic rings. The molecule has 158 valence electrons. The average molecular weight is 407 g/mol. The van der Waals surface area contributed by atoms with Crippen LogP contribution in [-0.4, -0.2) is 32.5 Å². The number of rotatable bonds is 11. The van der Waals surface area contributed by atoms with Gasteiger partial charge in [0.2, 0.25) is 0 Å². The molecule has 0 radical (unpaired) electrons. The lowest BCUT2D eigenvalue weighted by molar-refractivity contribution is 0.00858. The van der Waals surface area contributed by atoms with E-state index in [9.17, 15) is 0 Å². The number of hydrogen-bond acceptors (Lipinski definition) is 4. The van der Waals surface area contributed by atoms with E-state index in [-0.39, 0.29) is 6.61 Å². The van der Waals surface area contributed by atoms with Gasteiger partial charge in [0, 0.05) is 18.8 Å². The van der Waals surface area contributed by atoms with Crippen molar-refractivity contribution in [1.82, 2.24) is 0 Å². The Labute approximate surface area is 179 Å². The zero-order chi connectivity index (χ0) is 21.2. The molecule has 0 aliphatic rings. The number of hydrogen-bond donors (Lipinski definition) is 1. The molecule has 3 aromatic carbocycles. The molecule has 0 aromatic heterocycles. The van der Waals surface area contributed by atoms with E-state index in [4.69, 9.17) is 19.3 Å². The zero-order valence-corrected chi connectivity index (χ0v) is 17.7. The monoisotopic (exact) mass is 406 g/mol. The Bertz CT molecular complexity index is 854. The summed E-state index contributed by atoms with van der Waals surface area (Å²) in [5.41, 5.74) is 2.07. The fraction of sp³-hybridized carbons (Fsp3) is 0.308. The minimum atomic E-state index is -0.860. The summed E-state index contributed by atoms with van der Waals surface area (Å²) in [7, 11) is 3.30. The van der Waals surface area contributed by atoms with Crippen LogP contribution >= 0.6 is 0 Å². The molecular formula is C26H30O4. The summed E-state index contributed by atoms with van der Waals surface area (Å²) in [4.78, 5) is 0. The first-order chi connectivity index (χ1) is 14.8. The smallest absolute Gasteiger partial charge is 0.167 e. The van der Waals surface area contributed by atoms with E-state index in [1.54, 1.807) is 14.2 Å². The van der Waals surface area contributed by atoms with E-state index >= 15 is 0 Å². The lowest BCUT2D eigenvalue weighted by atomic mass is 9.79. The molecule has 0 atom stereocenters. The van der Waals surface area contributed by atoms with Gasteiger partial charge in [-0.25, -0.2) is 0 Å². The van der Waals surface area contributed by atoms with Gasteiger partial charge in [-0.1, -0.05) is 72.8 Å². The van der Waals surface area contributed by atoms with Gasteiger partial charge < -0.3 is 19.3 Å². The van der Waals surface area contributed by atoms with Crippen LogP contribution in [-0.2, 0) is 10.3 Å². The molecule has 0 saturated carbocycles. The summed E-state index contributed by atoms with van der Waals surface area (Å²) in [5.74, 6) is 1.32. The van der Waals surface area contributed by atoms with Crippen LogP contribution in [0.5, 0.6) is 11.5 Å². The average Bonchev–Trinajstić information content (AvgIpc) is 2.82. The van der Waals surface area contributed by atoms with Crippen molar-refractivity contribution in [2.75, 3.05) is 27.4 Å². The Kier molecular flexibility index (Phi) is 7.89. The summed E-state index contributed by atoms with van der Waals surface area (Å²) in [6, 6.07) is 26.3. The third kappa shape index (κ3) is 4.50. The SMILES string of the molecule is COc1cccc(C(OCCCCCO)(c2ccccc2)c2ccccc2)c1OC. The van der Waals surface area contributed by atoms with Crippen molar-refractivity contribution < 1.29 is 19.3 Å². The fourth-order valence-corrected chi connectivity index (χ4v) is 3.85. The molecule has 0 unspecified atom stereocenters. The maximum Gasteiger partial charge on any atom is 0.167 e. The van der Waals surface area contributed by atoms with E-state index in [0.29, 0.717) is 18.1 Å². The van der Waals surface area contributed by atoms with Crippen molar-refractivity contribution in [3.8, 4) is 11.5 Å². The minimum Gasteiger partial charge on any atom is -0.493 e. The van der Waals surface area contributed by atoms with Gasteiger partial charge in [-0.3, -0.25) is 0 Å². The molecule has 0 saturated heterocycles. The van der Waals surface area contributed by atoms with E-state index in [2.05, 4.69) is 24.3 Å². The first-order valence-electron chi connectivity index (χ1n) is 10.3. The molecule has 30 heavy (non-hydrogen) atoms. The molecule has 0 amide bonds. The molecule has 0 aliphatic carbocycles. The number of para-hydroxylation sites is 1. The van der Waals surface area contributed by atoms with Crippen LogP contribution in [0.1, 0.15) is 36.0 Å². The number of methoxy groups -OCH3 is 2. The summed E-state index contributed by atoms with van der Waals surface area (Å²) in [5, 5.41) is 9.11. The number of unbranched alkanes of at least 4 members (excludes halogenated alkanes) is 2. The van der Waals surface area contributed by atoms with Crippen molar-refractivity contribution in [3.63, 3.8) is 0 Å². The second-order valence-electron chi connectivity index (χ2n) is 7.09. The summed E-state index contributed by atoms with van der Waals surface area (Å²) in [6.45, 7) is 0.746. The largest absolute Gasteiger partial charge is 0.493 e. The third-order valence-electron chi connectivity index (χ3n) is 5.26. The molecular weight excluding hydrogens is 376 g/mol.